The van der Waals surface area contributed by atoms with Gasteiger partial charge in [-0.3, -0.25) is 0 Å². The molecule has 0 fully saturated rings. The zero-order valence-electron chi connectivity index (χ0n) is 19.3. The van der Waals surface area contributed by atoms with Gasteiger partial charge in [-0.2, -0.15) is 0 Å². The van der Waals surface area contributed by atoms with Gasteiger partial charge in [0.25, 0.3) is 0 Å². The zero-order chi connectivity index (χ0) is 21.9. The number of allylic oxidation sites excluding steroid dienone is 8. The predicted molar refractivity (Wildman–Crippen MR) is 136 cm³/mol. The van der Waals surface area contributed by atoms with Crippen molar-refractivity contribution in [3.05, 3.63) is 118 Å². The van der Waals surface area contributed by atoms with E-state index in [1.165, 1.54) is 44.5 Å². The number of hydrogen-bond acceptors (Lipinski definition) is 0. The van der Waals surface area contributed by atoms with Crippen molar-refractivity contribution < 1.29 is 0 Å². The third-order valence-corrected chi connectivity index (χ3v) is 5.64. The molecule has 0 heterocycles. The Labute approximate surface area is 184 Å². The van der Waals surface area contributed by atoms with Crippen molar-refractivity contribution in [2.45, 2.75) is 53.9 Å². The summed E-state index contributed by atoms with van der Waals surface area (Å²) in [5.41, 5.74) is 10.5. The highest BCUT2D eigenvalue weighted by molar-refractivity contribution is 5.77. The molecule has 0 heteroatoms. The first-order valence-corrected chi connectivity index (χ1v) is 10.9. The summed E-state index contributed by atoms with van der Waals surface area (Å²) in [6.45, 7) is 14.7. The van der Waals surface area contributed by atoms with Gasteiger partial charge in [0.1, 0.15) is 0 Å². The van der Waals surface area contributed by atoms with Gasteiger partial charge < -0.3 is 0 Å². The number of hydrogen-bond donors (Lipinski definition) is 0. The molecule has 0 bridgehead atoms. The average molecular weight is 397 g/mol. The van der Waals surface area contributed by atoms with E-state index in [1.807, 2.05) is 13.0 Å². The fraction of sp³-hybridized carbons (Fsp3) is 0.267. The summed E-state index contributed by atoms with van der Waals surface area (Å²) in [7, 11) is 0. The fourth-order valence-corrected chi connectivity index (χ4v) is 3.82. The van der Waals surface area contributed by atoms with E-state index in [1.54, 1.807) is 0 Å². The van der Waals surface area contributed by atoms with Crippen LogP contribution in [0.1, 0.15) is 62.8 Å². The van der Waals surface area contributed by atoms with Crippen LogP contribution in [0, 0.1) is 6.92 Å². The maximum absolute atomic E-state index is 3.99. The molecule has 0 radical (unpaired) electrons. The second-order valence-corrected chi connectivity index (χ2v) is 7.85. The summed E-state index contributed by atoms with van der Waals surface area (Å²) in [6, 6.07) is 17.5. The summed E-state index contributed by atoms with van der Waals surface area (Å²) < 4.78 is 0. The minimum atomic E-state index is 1.09. The zero-order valence-corrected chi connectivity index (χ0v) is 19.3. The Balaban J connectivity index is 2.01. The second kappa shape index (κ2) is 12.0. The van der Waals surface area contributed by atoms with Crippen LogP contribution in [0.4, 0.5) is 0 Å². The van der Waals surface area contributed by atoms with Gasteiger partial charge >= 0.3 is 0 Å². The molecular weight excluding hydrogens is 360 g/mol. The first kappa shape index (κ1) is 23.4. The largest absolute Gasteiger partial charge is 0.0984 e. The van der Waals surface area contributed by atoms with Crippen LogP contribution in [0.15, 0.2) is 96.1 Å². The monoisotopic (exact) mass is 396 g/mol. The molecule has 0 N–H and O–H groups in total. The number of aryl methyl sites for hydroxylation is 2. The van der Waals surface area contributed by atoms with Gasteiger partial charge in [0.05, 0.1) is 0 Å². The third kappa shape index (κ3) is 6.59. The molecule has 0 saturated heterocycles. The van der Waals surface area contributed by atoms with Crippen LogP contribution in [-0.4, -0.2) is 0 Å². The van der Waals surface area contributed by atoms with E-state index < -0.39 is 0 Å². The van der Waals surface area contributed by atoms with E-state index in [2.05, 4.69) is 107 Å². The van der Waals surface area contributed by atoms with Crippen molar-refractivity contribution in [3.63, 3.8) is 0 Å². The number of rotatable bonds is 9. The van der Waals surface area contributed by atoms with E-state index in [4.69, 9.17) is 0 Å². The summed E-state index contributed by atoms with van der Waals surface area (Å²) in [5.74, 6) is 0. The van der Waals surface area contributed by atoms with Crippen LogP contribution in [0.5, 0.6) is 0 Å². The molecule has 2 aromatic carbocycles. The molecule has 2 aromatic rings. The highest BCUT2D eigenvalue weighted by Crippen LogP contribution is 2.24. The SMILES string of the molecule is C=CC(=C(C)C=CC)c1ccc(CCCC(=CC)C(C)=Cc2ccccc2C)cc1. The van der Waals surface area contributed by atoms with Crippen molar-refractivity contribution in [1.29, 1.82) is 0 Å². The molecule has 0 amide bonds. The lowest BCUT2D eigenvalue weighted by atomic mass is 9.95. The highest BCUT2D eigenvalue weighted by Gasteiger charge is 2.04. The lowest BCUT2D eigenvalue weighted by molar-refractivity contribution is 0.815. The van der Waals surface area contributed by atoms with Gasteiger partial charge in [-0.1, -0.05) is 85.5 Å². The molecule has 0 spiro atoms. The molecule has 0 atom stereocenters. The Morgan fingerprint density at radius 3 is 2.27 bits per heavy atom. The smallest absolute Gasteiger partial charge is 0.0161 e. The molecule has 30 heavy (non-hydrogen) atoms. The van der Waals surface area contributed by atoms with Crippen molar-refractivity contribution in [2.75, 3.05) is 0 Å². The van der Waals surface area contributed by atoms with Gasteiger partial charge in [0.15, 0.2) is 0 Å². The predicted octanol–water partition coefficient (Wildman–Crippen LogP) is 8.90. The van der Waals surface area contributed by atoms with E-state index in [0.29, 0.717) is 0 Å². The molecule has 0 aromatic heterocycles. The van der Waals surface area contributed by atoms with Crippen LogP contribution in [-0.2, 0) is 6.42 Å². The van der Waals surface area contributed by atoms with Crippen molar-refractivity contribution >= 4 is 11.6 Å². The molecule has 156 valence electrons. The van der Waals surface area contributed by atoms with Crippen LogP contribution in [0.25, 0.3) is 11.6 Å². The Morgan fingerprint density at radius 2 is 1.67 bits per heavy atom. The molecule has 0 aliphatic heterocycles. The summed E-state index contributed by atoms with van der Waals surface area (Å²) in [5, 5.41) is 0. The minimum Gasteiger partial charge on any atom is -0.0984 e. The summed E-state index contributed by atoms with van der Waals surface area (Å²) in [4.78, 5) is 0. The van der Waals surface area contributed by atoms with Gasteiger partial charge in [0, 0.05) is 0 Å². The minimum absolute atomic E-state index is 1.09. The topological polar surface area (TPSA) is 0 Å². The van der Waals surface area contributed by atoms with Gasteiger partial charge in [-0.15, -0.1) is 0 Å². The quantitative estimate of drug-likeness (QED) is 0.371. The second-order valence-electron chi connectivity index (χ2n) is 7.85. The van der Waals surface area contributed by atoms with E-state index >= 15 is 0 Å². The standard InChI is InChI=1S/C30H36/c1-7-13-24(5)30(9-3)28-20-18-26(19-21-28)15-12-17-27(8-2)25(6)22-29-16-11-10-14-23(29)4/h7-11,13-14,16,18-22H,3,12,15,17H2,1-2,4-6H3. The molecule has 0 nitrogen and oxygen atoms in total. The molecule has 0 saturated carbocycles. The summed E-state index contributed by atoms with van der Waals surface area (Å²) in [6.07, 6.45) is 14.1. The number of benzene rings is 2. The van der Waals surface area contributed by atoms with Crippen LogP contribution in [0.3, 0.4) is 0 Å². The lowest BCUT2D eigenvalue weighted by Gasteiger charge is -2.10. The van der Waals surface area contributed by atoms with Crippen LogP contribution in [0.2, 0.25) is 0 Å². The Bertz CT molecular complexity index is 959. The molecule has 2 rings (SSSR count). The van der Waals surface area contributed by atoms with E-state index in [0.717, 1.165) is 19.3 Å². The Hall–Kier alpha value is -2.86. The van der Waals surface area contributed by atoms with Gasteiger partial charge in [-0.05, 0) is 98.4 Å². The van der Waals surface area contributed by atoms with Gasteiger partial charge in [-0.25, -0.2) is 0 Å². The molecular formula is C30H36. The van der Waals surface area contributed by atoms with Gasteiger partial charge in [0.2, 0.25) is 0 Å². The van der Waals surface area contributed by atoms with Crippen molar-refractivity contribution in [2.24, 2.45) is 0 Å². The Morgan fingerprint density at radius 1 is 0.967 bits per heavy atom. The fourth-order valence-electron chi connectivity index (χ4n) is 3.82. The molecule has 0 unspecified atom stereocenters. The first-order valence-electron chi connectivity index (χ1n) is 10.9. The maximum atomic E-state index is 3.99. The molecule has 0 aliphatic rings. The van der Waals surface area contributed by atoms with Crippen LogP contribution < -0.4 is 0 Å². The van der Waals surface area contributed by atoms with Crippen molar-refractivity contribution in [1.82, 2.24) is 0 Å². The normalized spacial score (nSPS) is 13.5. The van der Waals surface area contributed by atoms with Crippen molar-refractivity contribution in [3.8, 4) is 0 Å². The average Bonchev–Trinajstić information content (AvgIpc) is 2.74. The Kier molecular flexibility index (Phi) is 9.35. The highest BCUT2D eigenvalue weighted by atomic mass is 14.1. The maximum Gasteiger partial charge on any atom is -0.0161 e. The van der Waals surface area contributed by atoms with E-state index in [9.17, 15) is 0 Å². The lowest BCUT2D eigenvalue weighted by Crippen LogP contribution is -1.92. The summed E-state index contributed by atoms with van der Waals surface area (Å²) >= 11 is 0. The van der Waals surface area contributed by atoms with Crippen LogP contribution >= 0.6 is 0 Å². The third-order valence-electron chi connectivity index (χ3n) is 5.64. The van der Waals surface area contributed by atoms with E-state index in [-0.39, 0.29) is 0 Å². The first-order chi connectivity index (χ1) is 14.5. The molecule has 0 aliphatic carbocycles.